The van der Waals surface area contributed by atoms with Crippen LogP contribution < -0.4 is 10.5 Å². The molecule has 1 heterocycles. The number of hydrogen-bond acceptors (Lipinski definition) is 4. The fourth-order valence-electron chi connectivity index (χ4n) is 2.12. The van der Waals surface area contributed by atoms with Crippen molar-refractivity contribution in [2.45, 2.75) is 13.5 Å². The van der Waals surface area contributed by atoms with Crippen molar-refractivity contribution in [2.75, 3.05) is 23.3 Å². The summed E-state index contributed by atoms with van der Waals surface area (Å²) in [4.78, 5) is 13.6. The molecule has 19 heavy (non-hydrogen) atoms. The van der Waals surface area contributed by atoms with E-state index in [4.69, 9.17) is 4.42 Å². The highest BCUT2D eigenvalue weighted by atomic mass is 79.9. The van der Waals surface area contributed by atoms with Crippen molar-refractivity contribution < 1.29 is 9.52 Å². The van der Waals surface area contributed by atoms with Gasteiger partial charge in [0.2, 0.25) is 0 Å². The first-order valence-corrected chi connectivity index (χ1v) is 7.30. The standard InChI is InChI=1S/C14H16BrNO3/c1-2-16(6-5-15)11-3-4-12-10(9-17)7-14(18)19-13(12)8-11/h3-4,7-8,17H,2,5-6,9H2,1H3. The van der Waals surface area contributed by atoms with Crippen molar-refractivity contribution in [3.8, 4) is 0 Å². The quantitative estimate of drug-likeness (QED) is 0.678. The van der Waals surface area contributed by atoms with E-state index in [1.807, 2.05) is 18.2 Å². The van der Waals surface area contributed by atoms with E-state index in [-0.39, 0.29) is 6.61 Å². The topological polar surface area (TPSA) is 53.7 Å². The Balaban J connectivity index is 2.53. The summed E-state index contributed by atoms with van der Waals surface area (Å²) < 4.78 is 5.21. The molecule has 0 aliphatic rings. The van der Waals surface area contributed by atoms with Crippen molar-refractivity contribution in [1.29, 1.82) is 0 Å². The van der Waals surface area contributed by atoms with Gasteiger partial charge in [-0.2, -0.15) is 0 Å². The summed E-state index contributed by atoms with van der Waals surface area (Å²) >= 11 is 3.42. The van der Waals surface area contributed by atoms with Gasteiger partial charge in [0.05, 0.1) is 6.61 Å². The molecular formula is C14H16BrNO3. The lowest BCUT2D eigenvalue weighted by Crippen LogP contribution is -2.24. The van der Waals surface area contributed by atoms with Crippen LogP contribution in [0.15, 0.2) is 33.5 Å². The number of benzene rings is 1. The number of alkyl halides is 1. The van der Waals surface area contributed by atoms with E-state index in [0.29, 0.717) is 11.1 Å². The van der Waals surface area contributed by atoms with Gasteiger partial charge in [-0.25, -0.2) is 4.79 Å². The molecule has 5 heteroatoms. The van der Waals surface area contributed by atoms with Gasteiger partial charge in [-0.3, -0.25) is 0 Å². The zero-order valence-electron chi connectivity index (χ0n) is 10.7. The normalized spacial score (nSPS) is 10.9. The van der Waals surface area contributed by atoms with Crippen LogP contribution in [0.2, 0.25) is 0 Å². The molecule has 0 aliphatic heterocycles. The first-order chi connectivity index (χ1) is 9.19. The van der Waals surface area contributed by atoms with Crippen molar-refractivity contribution in [2.24, 2.45) is 0 Å². The molecule has 0 atom stereocenters. The van der Waals surface area contributed by atoms with Crippen LogP contribution in [0.5, 0.6) is 0 Å². The SMILES string of the molecule is CCN(CCBr)c1ccc2c(CO)cc(=O)oc2c1. The number of halogens is 1. The first kappa shape index (κ1) is 14.1. The van der Waals surface area contributed by atoms with Gasteiger partial charge >= 0.3 is 5.63 Å². The number of aliphatic hydroxyl groups excluding tert-OH is 1. The summed E-state index contributed by atoms with van der Waals surface area (Å²) in [5, 5.41) is 10.9. The Bertz CT molecular complexity index is 624. The van der Waals surface area contributed by atoms with E-state index in [2.05, 4.69) is 27.8 Å². The van der Waals surface area contributed by atoms with Crippen LogP contribution in [0.3, 0.4) is 0 Å². The zero-order valence-corrected chi connectivity index (χ0v) is 12.3. The molecule has 0 unspecified atom stereocenters. The molecule has 2 aromatic rings. The third-order valence-electron chi connectivity index (χ3n) is 3.09. The molecule has 0 saturated carbocycles. The second-order valence-corrected chi connectivity index (χ2v) is 4.99. The Morgan fingerprint density at radius 2 is 2.16 bits per heavy atom. The van der Waals surface area contributed by atoms with E-state index in [1.165, 1.54) is 6.07 Å². The third-order valence-corrected chi connectivity index (χ3v) is 3.44. The molecule has 1 aromatic heterocycles. The van der Waals surface area contributed by atoms with Crippen molar-refractivity contribution >= 4 is 32.6 Å². The van der Waals surface area contributed by atoms with Gasteiger partial charge in [-0.15, -0.1) is 0 Å². The highest BCUT2D eigenvalue weighted by Crippen LogP contribution is 2.23. The lowest BCUT2D eigenvalue weighted by molar-refractivity contribution is 0.282. The monoisotopic (exact) mass is 325 g/mol. The summed E-state index contributed by atoms with van der Waals surface area (Å²) in [5.74, 6) is 0. The maximum Gasteiger partial charge on any atom is 0.336 e. The lowest BCUT2D eigenvalue weighted by atomic mass is 10.1. The summed E-state index contributed by atoms with van der Waals surface area (Å²) in [6.07, 6.45) is 0. The molecule has 0 fully saturated rings. The van der Waals surface area contributed by atoms with Gasteiger partial charge in [0, 0.05) is 41.6 Å². The van der Waals surface area contributed by atoms with Gasteiger partial charge in [-0.05, 0) is 24.6 Å². The maximum atomic E-state index is 11.4. The van der Waals surface area contributed by atoms with Gasteiger partial charge < -0.3 is 14.4 Å². The Hall–Kier alpha value is -1.33. The largest absolute Gasteiger partial charge is 0.423 e. The highest BCUT2D eigenvalue weighted by Gasteiger charge is 2.09. The number of anilines is 1. The minimum atomic E-state index is -0.433. The minimum Gasteiger partial charge on any atom is -0.423 e. The zero-order chi connectivity index (χ0) is 13.8. The van der Waals surface area contributed by atoms with Crippen LogP contribution in [0, 0.1) is 0 Å². The molecule has 0 radical (unpaired) electrons. The predicted octanol–water partition coefficient (Wildman–Crippen LogP) is 2.51. The summed E-state index contributed by atoms with van der Waals surface area (Å²) in [6.45, 7) is 3.67. The Labute approximate surface area is 119 Å². The number of nitrogens with zero attached hydrogens (tertiary/aromatic N) is 1. The van der Waals surface area contributed by atoms with Crippen molar-refractivity contribution in [3.05, 3.63) is 40.2 Å². The van der Waals surface area contributed by atoms with Gasteiger partial charge in [0.15, 0.2) is 0 Å². The number of fused-ring (bicyclic) bond motifs is 1. The van der Waals surface area contributed by atoms with Crippen molar-refractivity contribution in [3.63, 3.8) is 0 Å². The molecule has 1 aromatic carbocycles. The second-order valence-electron chi connectivity index (χ2n) is 4.20. The highest BCUT2D eigenvalue weighted by molar-refractivity contribution is 9.09. The van der Waals surface area contributed by atoms with Gasteiger partial charge in [-0.1, -0.05) is 15.9 Å². The summed E-state index contributed by atoms with van der Waals surface area (Å²) in [5.41, 5.74) is 1.69. The average molecular weight is 326 g/mol. The Kier molecular flexibility index (Phi) is 4.61. The van der Waals surface area contributed by atoms with Crippen molar-refractivity contribution in [1.82, 2.24) is 0 Å². The van der Waals surface area contributed by atoms with Crippen LogP contribution in [0.4, 0.5) is 5.69 Å². The molecule has 0 aliphatic carbocycles. The summed E-state index contributed by atoms with van der Waals surface area (Å²) in [6, 6.07) is 7.05. The molecule has 0 spiro atoms. The summed E-state index contributed by atoms with van der Waals surface area (Å²) in [7, 11) is 0. The van der Waals surface area contributed by atoms with Gasteiger partial charge in [0.1, 0.15) is 5.58 Å². The average Bonchev–Trinajstić information content (AvgIpc) is 2.43. The molecule has 0 saturated heterocycles. The van der Waals surface area contributed by atoms with E-state index in [1.54, 1.807) is 0 Å². The van der Waals surface area contributed by atoms with E-state index < -0.39 is 5.63 Å². The number of aliphatic hydroxyl groups is 1. The molecule has 4 nitrogen and oxygen atoms in total. The first-order valence-electron chi connectivity index (χ1n) is 6.18. The fraction of sp³-hybridized carbons (Fsp3) is 0.357. The Morgan fingerprint density at radius 3 is 2.79 bits per heavy atom. The maximum absolute atomic E-state index is 11.4. The van der Waals surface area contributed by atoms with Crippen LogP contribution in [-0.2, 0) is 6.61 Å². The van der Waals surface area contributed by atoms with E-state index >= 15 is 0 Å². The van der Waals surface area contributed by atoms with Crippen LogP contribution in [-0.4, -0.2) is 23.5 Å². The minimum absolute atomic E-state index is 0.166. The van der Waals surface area contributed by atoms with Crippen LogP contribution >= 0.6 is 15.9 Å². The van der Waals surface area contributed by atoms with Crippen LogP contribution in [0.1, 0.15) is 12.5 Å². The van der Waals surface area contributed by atoms with E-state index in [0.717, 1.165) is 29.5 Å². The molecule has 1 N–H and O–H groups in total. The number of rotatable bonds is 5. The smallest absolute Gasteiger partial charge is 0.336 e. The molecule has 102 valence electrons. The predicted molar refractivity (Wildman–Crippen MR) is 80.1 cm³/mol. The lowest BCUT2D eigenvalue weighted by Gasteiger charge is -2.22. The third kappa shape index (κ3) is 2.98. The molecular weight excluding hydrogens is 310 g/mol. The van der Waals surface area contributed by atoms with Gasteiger partial charge in [0.25, 0.3) is 0 Å². The molecule has 0 bridgehead atoms. The van der Waals surface area contributed by atoms with Crippen LogP contribution in [0.25, 0.3) is 11.0 Å². The second kappa shape index (κ2) is 6.21. The molecule has 2 rings (SSSR count). The molecule has 0 amide bonds. The van der Waals surface area contributed by atoms with E-state index in [9.17, 15) is 9.90 Å². The Morgan fingerprint density at radius 1 is 1.37 bits per heavy atom. The fourth-order valence-corrected chi connectivity index (χ4v) is 2.55. The number of hydrogen-bond donors (Lipinski definition) is 1.